The fraction of sp³-hybridized carbons (Fsp3) is 0.0606. The van der Waals surface area contributed by atoms with Gasteiger partial charge in [-0.25, -0.2) is 4.52 Å². The minimum Gasteiger partial charge on any atom is -0.252 e. The zero-order chi connectivity index (χ0) is 27.2. The van der Waals surface area contributed by atoms with Crippen molar-refractivity contribution in [1.29, 1.82) is 0 Å². The monoisotopic (exact) mass is 547 g/mol. The van der Waals surface area contributed by atoms with E-state index in [1.54, 1.807) is 41.7 Å². The maximum Gasteiger partial charge on any atom is 0.489 e. The quantitative estimate of drug-likeness (QED) is 0.211. The average molecular weight is 548 g/mol. The Hall–Kier alpha value is -4.62. The number of pyridine rings is 1. The van der Waals surface area contributed by atoms with Gasteiger partial charge in [0.25, 0.3) is 0 Å². The van der Waals surface area contributed by atoms with Gasteiger partial charge in [0.05, 0.1) is 32.5 Å². The van der Waals surface area contributed by atoms with Crippen molar-refractivity contribution in [3.63, 3.8) is 0 Å². The molecule has 8 aromatic rings. The Balaban J connectivity index is 1.24. The summed E-state index contributed by atoms with van der Waals surface area (Å²) in [7, 11) is 0. The van der Waals surface area contributed by atoms with E-state index in [9.17, 15) is 13.2 Å². The molecule has 3 nitrogen and oxygen atoms in total. The van der Waals surface area contributed by atoms with E-state index >= 15 is 0 Å². The molecule has 0 fully saturated rings. The second-order valence-electron chi connectivity index (χ2n) is 10.1. The van der Waals surface area contributed by atoms with Gasteiger partial charge in [-0.1, -0.05) is 72.8 Å². The molecule has 0 unspecified atom stereocenters. The first-order valence-corrected chi connectivity index (χ1v) is 13.7. The average Bonchev–Trinajstić information content (AvgIpc) is 3.66. The number of aromatic nitrogens is 3. The number of aryl methyl sites for hydroxylation is 1. The first kappa shape index (κ1) is 23.3. The van der Waals surface area contributed by atoms with Crippen LogP contribution >= 0.6 is 11.3 Å². The third-order valence-electron chi connectivity index (χ3n) is 7.66. The van der Waals surface area contributed by atoms with E-state index in [1.165, 1.54) is 26.4 Å². The number of rotatable bonds is 2. The molecule has 0 atom stereocenters. The fourth-order valence-corrected chi connectivity index (χ4v) is 6.94. The highest BCUT2D eigenvalue weighted by atomic mass is 32.1. The summed E-state index contributed by atoms with van der Waals surface area (Å²) in [4.78, 5) is 1.24. The summed E-state index contributed by atoms with van der Waals surface area (Å²) >= 11 is 1.78. The maximum atomic E-state index is 13.9. The van der Waals surface area contributed by atoms with Gasteiger partial charge in [0, 0.05) is 32.0 Å². The van der Waals surface area contributed by atoms with E-state index in [-0.39, 0.29) is 11.0 Å². The molecule has 7 heteroatoms. The highest BCUT2D eigenvalue weighted by Crippen LogP contribution is 2.39. The molecule has 40 heavy (non-hydrogen) atoms. The van der Waals surface area contributed by atoms with Gasteiger partial charge in [0.15, 0.2) is 0 Å². The summed E-state index contributed by atoms with van der Waals surface area (Å²) in [6.45, 7) is 2.12. The summed E-state index contributed by atoms with van der Waals surface area (Å²) in [5.74, 6) is 0. The first-order chi connectivity index (χ1) is 19.4. The number of nitrogens with zero attached hydrogens (tertiary/aromatic N) is 3. The van der Waals surface area contributed by atoms with E-state index in [2.05, 4.69) is 43.3 Å². The van der Waals surface area contributed by atoms with Gasteiger partial charge in [-0.3, -0.25) is 4.57 Å². The van der Waals surface area contributed by atoms with Crippen LogP contribution in [0, 0.1) is 6.92 Å². The standard InChI is InChI=1S/C33H20F3N3S/c1-19-16-31-32(40-19)25-8-3-2-6-23(25)30-18-27(37-39(30)31)21-12-10-20(11-13-21)22-14-15-29-26(17-22)24-7-4-5-9-28(24)38(29)33(34,35)36/h2-18H,1H3. The molecule has 0 aliphatic carbocycles. The van der Waals surface area contributed by atoms with Gasteiger partial charge in [-0.05, 0) is 48.4 Å². The molecular weight excluding hydrogens is 527 g/mol. The van der Waals surface area contributed by atoms with Crippen LogP contribution in [0.2, 0.25) is 0 Å². The van der Waals surface area contributed by atoms with Crippen molar-refractivity contribution in [2.24, 2.45) is 0 Å². The van der Waals surface area contributed by atoms with Gasteiger partial charge < -0.3 is 0 Å². The van der Waals surface area contributed by atoms with Crippen molar-refractivity contribution in [1.82, 2.24) is 14.2 Å². The van der Waals surface area contributed by atoms with E-state index in [1.807, 2.05) is 34.8 Å². The van der Waals surface area contributed by atoms with Crippen molar-refractivity contribution in [2.45, 2.75) is 13.2 Å². The number of alkyl halides is 3. The zero-order valence-electron chi connectivity index (χ0n) is 21.2. The molecule has 0 saturated carbocycles. The molecule has 194 valence electrons. The Bertz CT molecular complexity index is 2270. The number of halogens is 3. The summed E-state index contributed by atoms with van der Waals surface area (Å²) in [5.41, 5.74) is 6.12. The van der Waals surface area contributed by atoms with Gasteiger partial charge in [-0.2, -0.15) is 5.10 Å². The molecule has 0 aliphatic heterocycles. The second kappa shape index (κ2) is 8.19. The Labute approximate surface area is 230 Å². The maximum absolute atomic E-state index is 13.9. The Morgan fingerprint density at radius 3 is 1.98 bits per heavy atom. The van der Waals surface area contributed by atoms with Crippen LogP contribution in [0.3, 0.4) is 0 Å². The number of fused-ring (bicyclic) bond motifs is 9. The van der Waals surface area contributed by atoms with Crippen LogP contribution in [-0.4, -0.2) is 14.2 Å². The van der Waals surface area contributed by atoms with Gasteiger partial charge in [0.1, 0.15) is 0 Å². The molecule has 0 spiro atoms. The highest BCUT2D eigenvalue weighted by Gasteiger charge is 2.34. The van der Waals surface area contributed by atoms with E-state index in [4.69, 9.17) is 5.10 Å². The third-order valence-corrected chi connectivity index (χ3v) is 8.73. The van der Waals surface area contributed by atoms with E-state index < -0.39 is 6.30 Å². The molecule has 0 N–H and O–H groups in total. The minimum atomic E-state index is -4.50. The van der Waals surface area contributed by atoms with Crippen molar-refractivity contribution < 1.29 is 13.2 Å². The molecule has 4 heterocycles. The molecule has 0 saturated heterocycles. The predicted molar refractivity (Wildman–Crippen MR) is 158 cm³/mol. The minimum absolute atomic E-state index is 0.154. The normalized spacial score (nSPS) is 12.5. The lowest BCUT2D eigenvalue weighted by atomic mass is 10.0. The van der Waals surface area contributed by atoms with E-state index in [0.717, 1.165) is 33.4 Å². The molecule has 8 rings (SSSR count). The number of thiophene rings is 1. The lowest BCUT2D eigenvalue weighted by Gasteiger charge is -2.11. The molecule has 0 bridgehead atoms. The third kappa shape index (κ3) is 3.34. The molecule has 0 radical (unpaired) electrons. The summed E-state index contributed by atoms with van der Waals surface area (Å²) in [6, 6.07) is 32.6. The molecule has 4 aromatic carbocycles. The lowest BCUT2D eigenvalue weighted by molar-refractivity contribution is -0.197. The fourth-order valence-electron chi connectivity index (χ4n) is 5.91. The number of para-hydroxylation sites is 1. The van der Waals surface area contributed by atoms with E-state index in [0.29, 0.717) is 15.3 Å². The predicted octanol–water partition coefficient (Wildman–Crippen LogP) is 9.93. The second-order valence-corrected chi connectivity index (χ2v) is 11.3. The summed E-state index contributed by atoms with van der Waals surface area (Å²) in [6.07, 6.45) is -4.50. The molecule has 0 aliphatic rings. The molecule has 0 amide bonds. The van der Waals surface area contributed by atoms with Crippen molar-refractivity contribution in [3.05, 3.63) is 108 Å². The number of hydrogen-bond donors (Lipinski definition) is 0. The van der Waals surface area contributed by atoms with Crippen LogP contribution in [0.1, 0.15) is 4.88 Å². The Morgan fingerprint density at radius 2 is 1.23 bits per heavy atom. The van der Waals surface area contributed by atoms with Crippen LogP contribution in [0.4, 0.5) is 13.2 Å². The lowest BCUT2D eigenvalue weighted by Crippen LogP contribution is -2.15. The van der Waals surface area contributed by atoms with Crippen LogP contribution in [0.25, 0.3) is 70.7 Å². The summed E-state index contributed by atoms with van der Waals surface area (Å²) in [5, 5.41) is 8.55. The number of benzene rings is 4. The summed E-state index contributed by atoms with van der Waals surface area (Å²) < 4.78 is 45.5. The zero-order valence-corrected chi connectivity index (χ0v) is 22.0. The highest BCUT2D eigenvalue weighted by molar-refractivity contribution is 7.20. The largest absolute Gasteiger partial charge is 0.489 e. The van der Waals surface area contributed by atoms with Crippen LogP contribution in [0.15, 0.2) is 103 Å². The van der Waals surface area contributed by atoms with Crippen molar-refractivity contribution >= 4 is 59.6 Å². The first-order valence-electron chi connectivity index (χ1n) is 12.9. The van der Waals surface area contributed by atoms with Gasteiger partial charge in [0.2, 0.25) is 0 Å². The molecular formula is C33H20F3N3S. The molecule has 4 aromatic heterocycles. The number of hydrogen-bond acceptors (Lipinski definition) is 2. The Morgan fingerprint density at radius 1 is 0.600 bits per heavy atom. The van der Waals surface area contributed by atoms with Crippen LogP contribution < -0.4 is 0 Å². The van der Waals surface area contributed by atoms with Crippen molar-refractivity contribution in [3.8, 4) is 22.4 Å². The van der Waals surface area contributed by atoms with Gasteiger partial charge in [-0.15, -0.1) is 24.5 Å². The topological polar surface area (TPSA) is 22.2 Å². The van der Waals surface area contributed by atoms with Crippen LogP contribution in [0.5, 0.6) is 0 Å². The van der Waals surface area contributed by atoms with Crippen molar-refractivity contribution in [2.75, 3.05) is 0 Å². The smallest absolute Gasteiger partial charge is 0.252 e. The van der Waals surface area contributed by atoms with Crippen LogP contribution in [-0.2, 0) is 6.30 Å². The Kier molecular flexibility index (Phi) is 4.77. The SMILES string of the molecule is Cc1cc2c(s1)c1ccccc1c1cc(-c3ccc(-c4ccc5c(c4)c4ccccc4n5C(F)(F)F)cc3)nn12. The van der Waals surface area contributed by atoms with Gasteiger partial charge >= 0.3 is 6.30 Å².